The molecule has 0 N–H and O–H groups in total. The Hall–Kier alpha value is -0.180. The minimum atomic E-state index is -2.61. The van der Waals surface area contributed by atoms with Gasteiger partial charge in [-0.15, -0.1) is 0 Å². The van der Waals surface area contributed by atoms with Gasteiger partial charge in [-0.1, -0.05) is 6.92 Å². The quantitative estimate of drug-likeness (QED) is 0.528. The molecular weight excluding hydrogens is 126 g/mol. The maximum absolute atomic E-state index is 11.2. The molecule has 0 spiro atoms. The van der Waals surface area contributed by atoms with Crippen LogP contribution in [-0.4, -0.2) is 13.2 Å². The Bertz CT molecular complexity index is 57.0. The highest BCUT2D eigenvalue weighted by atomic mass is 19.3. The summed E-state index contributed by atoms with van der Waals surface area (Å²) >= 11 is 0. The lowest BCUT2D eigenvalue weighted by atomic mass is 10.3. The molecule has 0 unspecified atom stereocenters. The van der Waals surface area contributed by atoms with Crippen LogP contribution in [0.3, 0.4) is 0 Å². The van der Waals surface area contributed by atoms with Crippen LogP contribution >= 0.6 is 0 Å². The molecule has 3 heteroatoms. The largest absolute Gasteiger partial charge is 0.345 e. The first-order valence-corrected chi connectivity index (χ1v) is 2.95. The lowest BCUT2D eigenvalue weighted by molar-refractivity contribution is -0.129. The number of hydrogen-bond donors (Lipinski definition) is 0. The molecule has 0 heterocycles. The Morgan fingerprint density at radius 2 is 2.22 bits per heavy atom. The summed E-state index contributed by atoms with van der Waals surface area (Å²) in [7, 11) is 0. The normalized spacial score (nSPS) is 10.7. The number of unbranched alkanes of at least 4 members (excludes halogenated alkanes) is 2. The molecule has 0 aliphatic carbocycles. The van der Waals surface area contributed by atoms with Crippen LogP contribution in [0.1, 0.15) is 19.8 Å². The maximum Gasteiger partial charge on any atom is 0.345 e. The molecule has 0 aromatic heterocycles. The molecule has 0 aliphatic heterocycles. The molecule has 0 bridgehead atoms. The van der Waals surface area contributed by atoms with Crippen molar-refractivity contribution in [1.82, 2.24) is 0 Å². The fraction of sp³-hybridized carbons (Fsp3) is 0.833. The van der Waals surface area contributed by atoms with Gasteiger partial charge in [-0.3, -0.25) is 0 Å². The number of halogens is 2. The smallest absolute Gasteiger partial charge is 0.323 e. The molecule has 1 radical (unpaired) electrons. The molecule has 0 saturated heterocycles. The summed E-state index contributed by atoms with van der Waals surface area (Å²) in [6, 6.07) is 0. The van der Waals surface area contributed by atoms with Gasteiger partial charge < -0.3 is 4.74 Å². The van der Waals surface area contributed by atoms with E-state index in [0.717, 1.165) is 6.42 Å². The highest BCUT2D eigenvalue weighted by Crippen LogP contribution is 1.98. The summed E-state index contributed by atoms with van der Waals surface area (Å²) in [4.78, 5) is 0. The van der Waals surface area contributed by atoms with Crippen LogP contribution in [0.25, 0.3) is 0 Å². The molecule has 0 aromatic rings. The van der Waals surface area contributed by atoms with E-state index in [1.165, 1.54) is 0 Å². The van der Waals surface area contributed by atoms with Gasteiger partial charge in [0.05, 0.1) is 6.61 Å². The zero-order valence-electron chi connectivity index (χ0n) is 5.44. The van der Waals surface area contributed by atoms with Crippen LogP contribution in [-0.2, 0) is 4.74 Å². The zero-order chi connectivity index (χ0) is 7.11. The highest BCUT2D eigenvalue weighted by molar-refractivity contribution is 4.53. The van der Waals surface area contributed by atoms with Gasteiger partial charge in [0.1, 0.15) is 0 Å². The Morgan fingerprint density at radius 1 is 1.56 bits per heavy atom. The van der Waals surface area contributed by atoms with Crippen molar-refractivity contribution in [2.75, 3.05) is 6.61 Å². The van der Waals surface area contributed by atoms with Gasteiger partial charge in [-0.2, -0.15) is 8.78 Å². The minimum Gasteiger partial charge on any atom is -0.323 e. The maximum atomic E-state index is 11.2. The molecule has 0 amide bonds. The molecule has 0 aliphatic rings. The van der Waals surface area contributed by atoms with E-state index in [2.05, 4.69) is 4.74 Å². The first-order valence-electron chi connectivity index (χ1n) is 2.95. The first kappa shape index (κ1) is 8.82. The van der Waals surface area contributed by atoms with Gasteiger partial charge in [0.2, 0.25) is 0 Å². The van der Waals surface area contributed by atoms with Gasteiger partial charge >= 0.3 is 6.61 Å². The van der Waals surface area contributed by atoms with Crippen molar-refractivity contribution in [3.05, 3.63) is 6.42 Å². The van der Waals surface area contributed by atoms with E-state index >= 15 is 0 Å². The first-order chi connectivity index (χ1) is 4.27. The van der Waals surface area contributed by atoms with E-state index < -0.39 is 6.61 Å². The van der Waals surface area contributed by atoms with Crippen molar-refractivity contribution in [3.8, 4) is 0 Å². The fourth-order valence-corrected chi connectivity index (χ4v) is 0.460. The van der Waals surface area contributed by atoms with E-state index in [0.29, 0.717) is 6.42 Å². The highest BCUT2D eigenvalue weighted by Gasteiger charge is 1.98. The van der Waals surface area contributed by atoms with E-state index in [1.807, 2.05) is 13.3 Å². The fourth-order valence-electron chi connectivity index (χ4n) is 0.460. The van der Waals surface area contributed by atoms with Crippen molar-refractivity contribution in [2.45, 2.75) is 26.4 Å². The van der Waals surface area contributed by atoms with Gasteiger partial charge in [0.25, 0.3) is 0 Å². The summed E-state index contributed by atoms with van der Waals surface area (Å²) in [5.74, 6) is 0. The van der Waals surface area contributed by atoms with Crippen molar-refractivity contribution in [3.63, 3.8) is 0 Å². The lowest BCUT2D eigenvalue weighted by Crippen LogP contribution is -2.00. The Morgan fingerprint density at radius 3 is 2.67 bits per heavy atom. The zero-order valence-corrected chi connectivity index (χ0v) is 5.44. The summed E-state index contributed by atoms with van der Waals surface area (Å²) in [5, 5.41) is 0. The van der Waals surface area contributed by atoms with Crippen LogP contribution in [0.15, 0.2) is 0 Å². The second kappa shape index (κ2) is 5.95. The molecule has 55 valence electrons. The van der Waals surface area contributed by atoms with Crippen molar-refractivity contribution in [1.29, 1.82) is 0 Å². The van der Waals surface area contributed by atoms with E-state index in [1.54, 1.807) is 0 Å². The van der Waals surface area contributed by atoms with Crippen molar-refractivity contribution in [2.24, 2.45) is 0 Å². The predicted octanol–water partition coefficient (Wildman–Crippen LogP) is 2.23. The Kier molecular flexibility index (Phi) is 5.83. The molecule has 0 atom stereocenters. The molecule has 0 rings (SSSR count). The third kappa shape index (κ3) is 7.82. The summed E-state index contributed by atoms with van der Waals surface area (Å²) in [6.07, 6.45) is 3.45. The van der Waals surface area contributed by atoms with Crippen LogP contribution in [0.5, 0.6) is 0 Å². The summed E-state index contributed by atoms with van der Waals surface area (Å²) < 4.78 is 26.4. The second-order valence-electron chi connectivity index (χ2n) is 1.68. The SMILES string of the molecule is C[CH]CCCOC(F)F. The number of ether oxygens (including phenoxy) is 1. The summed E-state index contributed by atoms with van der Waals surface area (Å²) in [6.45, 7) is -0.563. The van der Waals surface area contributed by atoms with Crippen molar-refractivity contribution >= 4 is 0 Å². The van der Waals surface area contributed by atoms with Crippen LogP contribution < -0.4 is 0 Å². The van der Waals surface area contributed by atoms with Gasteiger partial charge in [-0.05, 0) is 19.3 Å². The van der Waals surface area contributed by atoms with E-state index in [-0.39, 0.29) is 6.61 Å². The topological polar surface area (TPSA) is 9.23 Å². The third-order valence-corrected chi connectivity index (χ3v) is 0.881. The molecular formula is C6H11F2O. The molecule has 0 aromatic carbocycles. The van der Waals surface area contributed by atoms with E-state index in [9.17, 15) is 8.78 Å². The average Bonchev–Trinajstić information content (AvgIpc) is 1.80. The standard InChI is InChI=1S/C6H11F2O/c1-2-3-4-5-9-6(7)8/h2,6H,3-5H2,1H3. The van der Waals surface area contributed by atoms with Gasteiger partial charge in [0.15, 0.2) is 0 Å². The molecule has 0 fully saturated rings. The second-order valence-corrected chi connectivity index (χ2v) is 1.68. The minimum absolute atomic E-state index is 0.155. The number of alkyl halides is 2. The van der Waals surface area contributed by atoms with Gasteiger partial charge in [0, 0.05) is 0 Å². The number of rotatable bonds is 5. The lowest BCUT2D eigenvalue weighted by Gasteiger charge is -1.99. The van der Waals surface area contributed by atoms with Crippen molar-refractivity contribution < 1.29 is 13.5 Å². The Labute approximate surface area is 54.0 Å². The van der Waals surface area contributed by atoms with E-state index in [4.69, 9.17) is 0 Å². The number of hydrogen-bond acceptors (Lipinski definition) is 1. The molecule has 0 saturated carbocycles. The Balaban J connectivity index is 2.75. The third-order valence-electron chi connectivity index (χ3n) is 0.881. The molecule has 1 nitrogen and oxygen atoms in total. The van der Waals surface area contributed by atoms with Crippen LogP contribution in [0, 0.1) is 6.42 Å². The van der Waals surface area contributed by atoms with Crippen LogP contribution in [0.2, 0.25) is 0 Å². The van der Waals surface area contributed by atoms with Gasteiger partial charge in [-0.25, -0.2) is 0 Å². The summed E-state index contributed by atoms with van der Waals surface area (Å²) in [5.41, 5.74) is 0. The van der Waals surface area contributed by atoms with Crippen LogP contribution in [0.4, 0.5) is 8.78 Å². The average molecular weight is 137 g/mol. The molecule has 9 heavy (non-hydrogen) atoms. The predicted molar refractivity (Wildman–Crippen MR) is 31.2 cm³/mol. The monoisotopic (exact) mass is 137 g/mol.